The largest absolute Gasteiger partial charge is 0.367 e. The van der Waals surface area contributed by atoms with Crippen molar-refractivity contribution in [3.05, 3.63) is 89.2 Å². The predicted octanol–water partition coefficient (Wildman–Crippen LogP) is 5.09. The molecule has 0 radical (unpaired) electrons. The number of anilines is 3. The smallest absolute Gasteiger partial charge is 0.323 e. The van der Waals surface area contributed by atoms with E-state index in [9.17, 15) is 9.59 Å². The topological polar surface area (TPSA) is 76.7 Å². The number of nitrogens with zero attached hydrogens (tertiary/aromatic N) is 2. The van der Waals surface area contributed by atoms with Crippen LogP contribution >= 0.6 is 0 Å². The van der Waals surface area contributed by atoms with E-state index in [-0.39, 0.29) is 11.9 Å². The number of hydrogen-bond donors (Lipinski definition) is 3. The summed E-state index contributed by atoms with van der Waals surface area (Å²) in [5, 5.41) is 8.48. The molecule has 7 nitrogen and oxygen atoms in total. The van der Waals surface area contributed by atoms with Gasteiger partial charge in [-0.05, 0) is 61.7 Å². The number of piperazine rings is 1. The van der Waals surface area contributed by atoms with E-state index in [2.05, 4.69) is 20.9 Å². The van der Waals surface area contributed by atoms with E-state index in [0.717, 1.165) is 16.7 Å². The molecule has 0 spiro atoms. The first-order valence-electron chi connectivity index (χ1n) is 12.6. The van der Waals surface area contributed by atoms with Crippen molar-refractivity contribution in [3.8, 4) is 0 Å². The van der Waals surface area contributed by atoms with E-state index in [1.54, 1.807) is 12.1 Å². The summed E-state index contributed by atoms with van der Waals surface area (Å²) in [4.78, 5) is 29.4. The molecule has 1 fully saturated rings. The van der Waals surface area contributed by atoms with Gasteiger partial charge >= 0.3 is 6.03 Å². The van der Waals surface area contributed by atoms with Gasteiger partial charge in [-0.15, -0.1) is 0 Å². The van der Waals surface area contributed by atoms with Crippen LogP contribution in [0.3, 0.4) is 0 Å². The fourth-order valence-electron chi connectivity index (χ4n) is 4.65. The van der Waals surface area contributed by atoms with Crippen LogP contribution in [-0.4, -0.2) is 49.6 Å². The van der Waals surface area contributed by atoms with Crippen molar-refractivity contribution in [2.45, 2.75) is 26.8 Å². The van der Waals surface area contributed by atoms with Gasteiger partial charge in [-0.1, -0.05) is 42.5 Å². The molecule has 194 valence electrons. The Hall–Kier alpha value is -3.91. The zero-order valence-corrected chi connectivity index (χ0v) is 21.6. The minimum atomic E-state index is -0.424. The number of rotatable bonds is 7. The number of nitrogens with one attached hydrogen (secondary N) is 3. The average Bonchev–Trinajstić information content (AvgIpc) is 2.88. The van der Waals surface area contributed by atoms with Gasteiger partial charge in [-0.2, -0.15) is 0 Å². The SMILES string of the molecule is CCNC(=O)C(c1ccccc1)N1CCN(c2ccc(NC(=O)Nc3cc(C)ccc3C)cc2F)CC1. The molecular formula is C29H34FN5O2. The number of hydrogen-bond acceptors (Lipinski definition) is 4. The molecule has 1 unspecified atom stereocenters. The molecule has 37 heavy (non-hydrogen) atoms. The molecule has 0 saturated carbocycles. The van der Waals surface area contributed by atoms with Crippen LogP contribution in [0.25, 0.3) is 0 Å². The molecule has 1 aliphatic rings. The third kappa shape index (κ3) is 6.46. The van der Waals surface area contributed by atoms with Gasteiger partial charge in [0.05, 0.1) is 5.69 Å². The van der Waals surface area contributed by atoms with E-state index in [4.69, 9.17) is 0 Å². The van der Waals surface area contributed by atoms with Crippen LogP contribution in [0.4, 0.5) is 26.2 Å². The summed E-state index contributed by atoms with van der Waals surface area (Å²) in [5.74, 6) is -0.427. The van der Waals surface area contributed by atoms with E-state index < -0.39 is 11.8 Å². The number of aryl methyl sites for hydroxylation is 2. The van der Waals surface area contributed by atoms with Crippen LogP contribution in [0.5, 0.6) is 0 Å². The molecule has 8 heteroatoms. The minimum absolute atomic E-state index is 0.0251. The molecule has 1 heterocycles. The first kappa shape index (κ1) is 26.2. The predicted molar refractivity (Wildman–Crippen MR) is 147 cm³/mol. The van der Waals surface area contributed by atoms with Crippen LogP contribution < -0.4 is 20.9 Å². The van der Waals surface area contributed by atoms with Gasteiger partial charge in [-0.3, -0.25) is 9.69 Å². The second-order valence-corrected chi connectivity index (χ2v) is 9.29. The number of carbonyl (C=O) groups is 2. The summed E-state index contributed by atoms with van der Waals surface area (Å²) >= 11 is 0. The Balaban J connectivity index is 1.39. The zero-order valence-electron chi connectivity index (χ0n) is 21.6. The van der Waals surface area contributed by atoms with Crippen molar-refractivity contribution in [2.75, 3.05) is 48.3 Å². The Morgan fingerprint density at radius 1 is 0.919 bits per heavy atom. The Kier molecular flexibility index (Phi) is 8.40. The quantitative estimate of drug-likeness (QED) is 0.420. The lowest BCUT2D eigenvalue weighted by molar-refractivity contribution is -0.126. The maximum absolute atomic E-state index is 15.1. The number of carbonyl (C=O) groups excluding carboxylic acids is 2. The molecule has 1 atom stereocenters. The molecule has 0 aromatic heterocycles. The fraction of sp³-hybridized carbons (Fsp3) is 0.310. The van der Waals surface area contributed by atoms with E-state index in [1.165, 1.54) is 6.07 Å². The Bertz CT molecular complexity index is 1240. The number of amides is 3. The number of urea groups is 1. The Morgan fingerprint density at radius 2 is 1.65 bits per heavy atom. The Labute approximate surface area is 217 Å². The number of benzene rings is 3. The van der Waals surface area contributed by atoms with Crippen LogP contribution in [0.1, 0.15) is 29.7 Å². The van der Waals surface area contributed by atoms with Gasteiger partial charge < -0.3 is 20.9 Å². The van der Waals surface area contributed by atoms with Gasteiger partial charge in [0, 0.05) is 44.1 Å². The average molecular weight is 504 g/mol. The maximum Gasteiger partial charge on any atom is 0.323 e. The zero-order chi connectivity index (χ0) is 26.4. The van der Waals surface area contributed by atoms with Gasteiger partial charge in [0.25, 0.3) is 0 Å². The molecule has 3 amide bonds. The van der Waals surface area contributed by atoms with Crippen LogP contribution in [-0.2, 0) is 4.79 Å². The van der Waals surface area contributed by atoms with Crippen molar-refractivity contribution in [1.82, 2.24) is 10.2 Å². The normalized spacial score (nSPS) is 14.6. The molecule has 1 saturated heterocycles. The van der Waals surface area contributed by atoms with Crippen molar-refractivity contribution >= 4 is 29.0 Å². The van der Waals surface area contributed by atoms with Crippen LogP contribution in [0, 0.1) is 19.7 Å². The highest BCUT2D eigenvalue weighted by Crippen LogP contribution is 2.28. The lowest BCUT2D eigenvalue weighted by Gasteiger charge is -2.39. The summed E-state index contributed by atoms with van der Waals surface area (Å²) < 4.78 is 15.1. The van der Waals surface area contributed by atoms with Crippen molar-refractivity contribution in [2.24, 2.45) is 0 Å². The van der Waals surface area contributed by atoms with Gasteiger partial charge in [0.1, 0.15) is 11.9 Å². The molecule has 3 N–H and O–H groups in total. The third-order valence-corrected chi connectivity index (χ3v) is 6.58. The summed E-state index contributed by atoms with van der Waals surface area (Å²) in [7, 11) is 0. The molecule has 3 aromatic carbocycles. The number of likely N-dealkylation sites (N-methyl/N-ethyl adjacent to an activating group) is 1. The standard InChI is InChI=1S/C29H34FN5O2/c1-4-31-28(36)27(22-8-6-5-7-9-22)35-16-14-34(15-17-35)26-13-12-23(19-24(26)30)32-29(37)33-25-18-20(2)10-11-21(25)3/h5-13,18-19,27H,4,14-17H2,1-3H3,(H,31,36)(H2,32,33,37). The lowest BCUT2D eigenvalue weighted by atomic mass is 10.0. The number of halogens is 1. The van der Waals surface area contributed by atoms with Crippen molar-refractivity contribution in [1.29, 1.82) is 0 Å². The maximum atomic E-state index is 15.1. The highest BCUT2D eigenvalue weighted by atomic mass is 19.1. The monoisotopic (exact) mass is 503 g/mol. The van der Waals surface area contributed by atoms with Gasteiger partial charge in [0.15, 0.2) is 0 Å². The second-order valence-electron chi connectivity index (χ2n) is 9.29. The summed E-state index contributed by atoms with van der Waals surface area (Å²) in [6.07, 6.45) is 0. The summed E-state index contributed by atoms with van der Waals surface area (Å²) in [6.45, 7) is 8.75. The molecule has 4 rings (SSSR count). The molecule has 0 aliphatic carbocycles. The molecule has 3 aromatic rings. The van der Waals surface area contributed by atoms with Crippen molar-refractivity contribution < 1.29 is 14.0 Å². The Morgan fingerprint density at radius 3 is 2.32 bits per heavy atom. The second kappa shape index (κ2) is 11.9. The highest BCUT2D eigenvalue weighted by Gasteiger charge is 2.30. The summed E-state index contributed by atoms with van der Waals surface area (Å²) in [6, 6.07) is 19.5. The third-order valence-electron chi connectivity index (χ3n) is 6.58. The minimum Gasteiger partial charge on any atom is -0.367 e. The first-order chi connectivity index (χ1) is 17.9. The molecule has 0 bridgehead atoms. The molecule has 1 aliphatic heterocycles. The van der Waals surface area contributed by atoms with Crippen LogP contribution in [0.2, 0.25) is 0 Å². The highest BCUT2D eigenvalue weighted by molar-refractivity contribution is 6.00. The van der Waals surface area contributed by atoms with Crippen molar-refractivity contribution in [3.63, 3.8) is 0 Å². The van der Waals surface area contributed by atoms with Crippen LogP contribution in [0.15, 0.2) is 66.7 Å². The molecular weight excluding hydrogens is 469 g/mol. The van der Waals surface area contributed by atoms with Gasteiger partial charge in [0.2, 0.25) is 5.91 Å². The summed E-state index contributed by atoms with van der Waals surface area (Å²) in [5.41, 5.74) is 4.51. The van der Waals surface area contributed by atoms with Gasteiger partial charge in [-0.25, -0.2) is 9.18 Å². The lowest BCUT2D eigenvalue weighted by Crippen LogP contribution is -2.51. The first-order valence-corrected chi connectivity index (χ1v) is 12.6. The van der Waals surface area contributed by atoms with E-state index in [0.29, 0.717) is 49.8 Å². The van der Waals surface area contributed by atoms with E-state index >= 15 is 4.39 Å². The fourth-order valence-corrected chi connectivity index (χ4v) is 4.65. The van der Waals surface area contributed by atoms with E-state index in [1.807, 2.05) is 74.2 Å².